The van der Waals surface area contributed by atoms with Crippen LogP contribution in [0.15, 0.2) is 60.7 Å². The van der Waals surface area contributed by atoms with Gasteiger partial charge in [0.15, 0.2) is 0 Å². The summed E-state index contributed by atoms with van der Waals surface area (Å²) < 4.78 is 0. The molecular formula is C24H26N2O3. The van der Waals surface area contributed by atoms with Crippen molar-refractivity contribution in [3.8, 4) is 11.5 Å². The lowest BCUT2D eigenvalue weighted by molar-refractivity contribution is 0.178. The molecule has 0 aromatic heterocycles. The molecule has 3 aromatic carbocycles. The number of nitrogens with one attached hydrogen (secondary N) is 1. The monoisotopic (exact) mass is 390 g/mol. The second-order valence-corrected chi connectivity index (χ2v) is 7.78. The summed E-state index contributed by atoms with van der Waals surface area (Å²) in [5.41, 5.74) is 1.92. The maximum absolute atomic E-state index is 12.7. The SMILES string of the molecule is C[C@H](NC(=O)N1CCC(c2ccc(O)cc2O)CC1)c1ccc2ccccc2c1. The molecule has 0 bridgehead atoms. The molecule has 0 saturated carbocycles. The minimum Gasteiger partial charge on any atom is -0.508 e. The van der Waals surface area contributed by atoms with Crippen LogP contribution in [0.5, 0.6) is 11.5 Å². The smallest absolute Gasteiger partial charge is 0.317 e. The van der Waals surface area contributed by atoms with Crippen LogP contribution in [0.2, 0.25) is 0 Å². The molecule has 0 radical (unpaired) electrons. The van der Waals surface area contributed by atoms with Crippen LogP contribution in [0.1, 0.15) is 42.9 Å². The number of hydrogen-bond acceptors (Lipinski definition) is 3. The maximum atomic E-state index is 12.7. The Balaban J connectivity index is 1.36. The fourth-order valence-electron chi connectivity index (χ4n) is 4.11. The molecule has 1 aliphatic rings. The lowest BCUT2D eigenvalue weighted by Crippen LogP contribution is -2.44. The minimum atomic E-state index is -0.0778. The van der Waals surface area contributed by atoms with Crippen molar-refractivity contribution in [2.75, 3.05) is 13.1 Å². The number of urea groups is 1. The highest BCUT2D eigenvalue weighted by atomic mass is 16.3. The van der Waals surface area contributed by atoms with E-state index in [4.69, 9.17) is 0 Å². The molecule has 5 nitrogen and oxygen atoms in total. The maximum Gasteiger partial charge on any atom is 0.317 e. The minimum absolute atomic E-state index is 0.0564. The molecule has 1 atom stereocenters. The molecule has 1 aliphatic heterocycles. The molecule has 1 heterocycles. The third-order valence-electron chi connectivity index (χ3n) is 5.85. The van der Waals surface area contributed by atoms with E-state index in [1.54, 1.807) is 12.1 Å². The number of amides is 2. The van der Waals surface area contributed by atoms with Crippen LogP contribution in [-0.4, -0.2) is 34.2 Å². The summed E-state index contributed by atoms with van der Waals surface area (Å²) in [5, 5.41) is 25.0. The topological polar surface area (TPSA) is 72.8 Å². The van der Waals surface area contributed by atoms with E-state index >= 15 is 0 Å². The van der Waals surface area contributed by atoms with Gasteiger partial charge >= 0.3 is 6.03 Å². The fourth-order valence-corrected chi connectivity index (χ4v) is 4.11. The van der Waals surface area contributed by atoms with Gasteiger partial charge in [0.1, 0.15) is 11.5 Å². The van der Waals surface area contributed by atoms with Crippen LogP contribution in [0.3, 0.4) is 0 Å². The van der Waals surface area contributed by atoms with Crippen molar-refractivity contribution in [1.29, 1.82) is 0 Å². The van der Waals surface area contributed by atoms with Gasteiger partial charge in [-0.3, -0.25) is 0 Å². The van der Waals surface area contributed by atoms with Crippen molar-refractivity contribution in [3.05, 3.63) is 71.8 Å². The van der Waals surface area contributed by atoms with E-state index < -0.39 is 0 Å². The largest absolute Gasteiger partial charge is 0.508 e. The number of likely N-dealkylation sites (tertiary alicyclic amines) is 1. The average molecular weight is 390 g/mol. The van der Waals surface area contributed by atoms with E-state index in [1.807, 2.05) is 24.0 Å². The van der Waals surface area contributed by atoms with E-state index in [1.165, 1.54) is 16.8 Å². The molecule has 5 heteroatoms. The Bertz CT molecular complexity index is 1030. The van der Waals surface area contributed by atoms with Crippen LogP contribution >= 0.6 is 0 Å². The Kier molecular flexibility index (Phi) is 5.30. The first-order chi connectivity index (χ1) is 14.0. The van der Waals surface area contributed by atoms with Crippen molar-refractivity contribution in [3.63, 3.8) is 0 Å². The third-order valence-corrected chi connectivity index (χ3v) is 5.85. The molecule has 150 valence electrons. The molecule has 4 rings (SSSR count). The number of rotatable bonds is 3. The van der Waals surface area contributed by atoms with Gasteiger partial charge in [-0.15, -0.1) is 0 Å². The Morgan fingerprint density at radius 1 is 1.00 bits per heavy atom. The van der Waals surface area contributed by atoms with Gasteiger partial charge in [0, 0.05) is 19.2 Å². The quantitative estimate of drug-likeness (QED) is 0.595. The van der Waals surface area contributed by atoms with Gasteiger partial charge in [-0.25, -0.2) is 4.79 Å². The third kappa shape index (κ3) is 4.14. The molecule has 0 unspecified atom stereocenters. The van der Waals surface area contributed by atoms with Crippen molar-refractivity contribution in [2.45, 2.75) is 31.7 Å². The van der Waals surface area contributed by atoms with E-state index in [0.29, 0.717) is 13.1 Å². The van der Waals surface area contributed by atoms with Crippen molar-refractivity contribution < 1.29 is 15.0 Å². The van der Waals surface area contributed by atoms with Gasteiger partial charge in [0.25, 0.3) is 0 Å². The lowest BCUT2D eigenvalue weighted by atomic mass is 9.89. The van der Waals surface area contributed by atoms with Crippen LogP contribution in [0, 0.1) is 0 Å². The standard InChI is InChI=1S/C24H26N2O3/c1-16(19-7-6-17-4-2-3-5-20(17)14-19)25-24(29)26-12-10-18(11-13-26)22-9-8-21(27)15-23(22)28/h2-9,14-16,18,27-28H,10-13H2,1H3,(H,25,29)/t16-/m0/s1. The van der Waals surface area contributed by atoms with E-state index in [-0.39, 0.29) is 29.5 Å². The fraction of sp³-hybridized carbons (Fsp3) is 0.292. The summed E-state index contributed by atoms with van der Waals surface area (Å²) in [7, 11) is 0. The molecule has 29 heavy (non-hydrogen) atoms. The number of carbonyl (C=O) groups is 1. The Hall–Kier alpha value is -3.21. The summed E-state index contributed by atoms with van der Waals surface area (Å²) in [6.45, 7) is 3.28. The Morgan fingerprint density at radius 3 is 2.45 bits per heavy atom. The molecule has 0 aliphatic carbocycles. The number of phenols is 2. The van der Waals surface area contributed by atoms with Gasteiger partial charge < -0.3 is 20.4 Å². The zero-order valence-electron chi connectivity index (χ0n) is 16.5. The highest BCUT2D eigenvalue weighted by molar-refractivity contribution is 5.83. The predicted molar refractivity (Wildman–Crippen MR) is 114 cm³/mol. The number of carbonyl (C=O) groups excluding carboxylic acids is 1. The molecule has 1 fully saturated rings. The molecular weight excluding hydrogens is 364 g/mol. The molecule has 3 aromatic rings. The number of nitrogens with zero attached hydrogens (tertiary/aromatic N) is 1. The zero-order valence-corrected chi connectivity index (χ0v) is 16.5. The number of benzene rings is 3. The first-order valence-corrected chi connectivity index (χ1v) is 10.1. The van der Waals surface area contributed by atoms with Crippen molar-refractivity contribution in [2.24, 2.45) is 0 Å². The summed E-state index contributed by atoms with van der Waals surface area (Å²) >= 11 is 0. The predicted octanol–water partition coefficient (Wildman–Crippen LogP) is 4.90. The first kappa shape index (κ1) is 19.1. The van der Waals surface area contributed by atoms with E-state index in [2.05, 4.69) is 35.6 Å². The van der Waals surface area contributed by atoms with Crippen molar-refractivity contribution >= 4 is 16.8 Å². The van der Waals surface area contributed by atoms with Gasteiger partial charge in [-0.1, -0.05) is 42.5 Å². The highest BCUT2D eigenvalue weighted by Crippen LogP contribution is 2.35. The van der Waals surface area contributed by atoms with Gasteiger partial charge in [-0.2, -0.15) is 0 Å². The van der Waals surface area contributed by atoms with Gasteiger partial charge in [0.05, 0.1) is 6.04 Å². The van der Waals surface area contributed by atoms with Crippen molar-refractivity contribution in [1.82, 2.24) is 10.2 Å². The van der Waals surface area contributed by atoms with E-state index in [9.17, 15) is 15.0 Å². The summed E-state index contributed by atoms with van der Waals surface area (Å²) in [6, 6.07) is 19.1. The molecule has 0 spiro atoms. The average Bonchev–Trinajstić information content (AvgIpc) is 2.73. The van der Waals surface area contributed by atoms with Crippen LogP contribution in [0.25, 0.3) is 10.8 Å². The first-order valence-electron chi connectivity index (χ1n) is 10.1. The van der Waals surface area contributed by atoms with Gasteiger partial charge in [0.2, 0.25) is 0 Å². The molecule has 1 saturated heterocycles. The second-order valence-electron chi connectivity index (χ2n) is 7.78. The Labute approximate surface area is 170 Å². The van der Waals surface area contributed by atoms with Crippen LogP contribution in [0.4, 0.5) is 4.79 Å². The zero-order chi connectivity index (χ0) is 20.4. The molecule has 2 amide bonds. The second kappa shape index (κ2) is 8.03. The number of aromatic hydroxyl groups is 2. The van der Waals surface area contributed by atoms with E-state index in [0.717, 1.165) is 24.0 Å². The highest BCUT2D eigenvalue weighted by Gasteiger charge is 2.26. The van der Waals surface area contributed by atoms with Crippen LogP contribution < -0.4 is 5.32 Å². The Morgan fingerprint density at radius 2 is 1.72 bits per heavy atom. The number of fused-ring (bicyclic) bond motifs is 1. The lowest BCUT2D eigenvalue weighted by Gasteiger charge is -2.33. The summed E-state index contributed by atoms with van der Waals surface area (Å²) in [6.07, 6.45) is 1.58. The number of hydrogen-bond donors (Lipinski definition) is 3. The normalized spacial score (nSPS) is 16.0. The van der Waals surface area contributed by atoms with Crippen LogP contribution in [-0.2, 0) is 0 Å². The summed E-state index contributed by atoms with van der Waals surface area (Å²) in [4.78, 5) is 14.6. The van der Waals surface area contributed by atoms with Gasteiger partial charge in [-0.05, 0) is 59.7 Å². The molecule has 3 N–H and O–H groups in total. The number of piperidine rings is 1. The summed E-state index contributed by atoms with van der Waals surface area (Å²) in [5.74, 6) is 0.376. The number of phenolic OH excluding ortho intramolecular Hbond substituents is 2.